The predicted octanol–water partition coefficient (Wildman–Crippen LogP) is 0.672. The smallest absolute Gasteiger partial charge is 0.0932 e. The molecule has 0 aromatic carbocycles. The van der Waals surface area contributed by atoms with Gasteiger partial charge in [-0.1, -0.05) is 19.8 Å². The van der Waals surface area contributed by atoms with Crippen LogP contribution in [-0.2, 0) is 0 Å². The van der Waals surface area contributed by atoms with E-state index in [1.54, 1.807) is 0 Å². The molecular weight excluding hydrogens is 116 g/mol. The Labute approximate surface area is 55.5 Å². The van der Waals surface area contributed by atoms with Gasteiger partial charge < -0.3 is 10.2 Å². The van der Waals surface area contributed by atoms with E-state index < -0.39 is 11.7 Å². The maximum atomic E-state index is 9.28. The molecular formula is C7H14O2. The predicted molar refractivity (Wildman–Crippen MR) is 35.1 cm³/mol. The molecule has 0 radical (unpaired) electrons. The Hall–Kier alpha value is -0.0800. The highest BCUT2D eigenvalue weighted by Crippen LogP contribution is 2.39. The third-order valence-corrected chi connectivity index (χ3v) is 1.97. The van der Waals surface area contributed by atoms with Gasteiger partial charge in [0.25, 0.3) is 0 Å². The zero-order valence-corrected chi connectivity index (χ0v) is 5.80. The van der Waals surface area contributed by atoms with Crippen molar-refractivity contribution in [3.63, 3.8) is 0 Å². The SMILES string of the molecule is CCCCC1(O)CC1O. The van der Waals surface area contributed by atoms with Crippen molar-refractivity contribution >= 4 is 0 Å². The van der Waals surface area contributed by atoms with Crippen LogP contribution in [-0.4, -0.2) is 21.9 Å². The lowest BCUT2D eigenvalue weighted by atomic mass is 10.1. The lowest BCUT2D eigenvalue weighted by Gasteiger charge is -2.04. The molecule has 0 saturated heterocycles. The summed E-state index contributed by atoms with van der Waals surface area (Å²) in [6.07, 6.45) is 3.05. The second-order valence-corrected chi connectivity index (χ2v) is 2.93. The molecule has 0 aromatic heterocycles. The average Bonchev–Trinajstić information content (AvgIpc) is 2.38. The zero-order chi connectivity index (χ0) is 6.91. The third-order valence-electron chi connectivity index (χ3n) is 1.97. The molecule has 2 unspecified atom stereocenters. The Bertz CT molecular complexity index is 103. The van der Waals surface area contributed by atoms with Crippen molar-refractivity contribution in [1.82, 2.24) is 0 Å². The molecule has 2 heteroatoms. The summed E-state index contributed by atoms with van der Waals surface area (Å²) < 4.78 is 0. The van der Waals surface area contributed by atoms with Crippen LogP contribution in [0.4, 0.5) is 0 Å². The largest absolute Gasteiger partial charge is 0.390 e. The Kier molecular flexibility index (Phi) is 1.78. The van der Waals surface area contributed by atoms with Crippen molar-refractivity contribution in [2.24, 2.45) is 0 Å². The van der Waals surface area contributed by atoms with E-state index in [4.69, 9.17) is 5.11 Å². The summed E-state index contributed by atoms with van der Waals surface area (Å²) in [5.41, 5.74) is -0.685. The maximum Gasteiger partial charge on any atom is 0.0932 e. The third kappa shape index (κ3) is 1.43. The van der Waals surface area contributed by atoms with Crippen LogP contribution in [0, 0.1) is 0 Å². The molecule has 2 nitrogen and oxygen atoms in total. The van der Waals surface area contributed by atoms with Crippen molar-refractivity contribution < 1.29 is 10.2 Å². The van der Waals surface area contributed by atoms with E-state index in [1.807, 2.05) is 0 Å². The van der Waals surface area contributed by atoms with Gasteiger partial charge >= 0.3 is 0 Å². The summed E-state index contributed by atoms with van der Waals surface area (Å²) in [6, 6.07) is 0. The van der Waals surface area contributed by atoms with E-state index in [9.17, 15) is 5.11 Å². The number of aliphatic hydroxyl groups excluding tert-OH is 1. The van der Waals surface area contributed by atoms with E-state index in [0.29, 0.717) is 6.42 Å². The minimum atomic E-state index is -0.685. The van der Waals surface area contributed by atoms with E-state index in [0.717, 1.165) is 19.3 Å². The maximum absolute atomic E-state index is 9.28. The Balaban J connectivity index is 2.13. The Morgan fingerprint density at radius 1 is 1.67 bits per heavy atom. The number of unbranched alkanes of at least 4 members (excludes halogenated alkanes) is 1. The lowest BCUT2D eigenvalue weighted by molar-refractivity contribution is 0.0766. The molecule has 54 valence electrons. The second-order valence-electron chi connectivity index (χ2n) is 2.93. The standard InChI is InChI=1S/C7H14O2/c1-2-3-4-7(9)5-6(7)8/h6,8-9H,2-5H2,1H3. The quantitative estimate of drug-likeness (QED) is 0.589. The monoisotopic (exact) mass is 130 g/mol. The van der Waals surface area contributed by atoms with Crippen molar-refractivity contribution in [3.05, 3.63) is 0 Å². The number of hydrogen-bond acceptors (Lipinski definition) is 2. The van der Waals surface area contributed by atoms with Crippen LogP contribution in [0.2, 0.25) is 0 Å². The van der Waals surface area contributed by atoms with E-state index in [-0.39, 0.29) is 0 Å². The molecule has 1 aliphatic rings. The molecule has 2 N–H and O–H groups in total. The number of hydrogen-bond donors (Lipinski definition) is 2. The van der Waals surface area contributed by atoms with Crippen LogP contribution in [0.3, 0.4) is 0 Å². The van der Waals surface area contributed by atoms with Gasteiger partial charge in [0, 0.05) is 6.42 Å². The molecule has 0 bridgehead atoms. The van der Waals surface area contributed by atoms with Gasteiger partial charge in [0.15, 0.2) is 0 Å². The van der Waals surface area contributed by atoms with Crippen molar-refractivity contribution in [2.45, 2.75) is 44.3 Å². The van der Waals surface area contributed by atoms with Crippen LogP contribution >= 0.6 is 0 Å². The van der Waals surface area contributed by atoms with Gasteiger partial charge in [0.05, 0.1) is 11.7 Å². The summed E-state index contributed by atoms with van der Waals surface area (Å²) in [5.74, 6) is 0. The fourth-order valence-corrected chi connectivity index (χ4v) is 1.03. The molecule has 1 aliphatic carbocycles. The van der Waals surface area contributed by atoms with E-state index in [2.05, 4.69) is 6.92 Å². The van der Waals surface area contributed by atoms with Gasteiger partial charge in [0.1, 0.15) is 0 Å². The van der Waals surface area contributed by atoms with Gasteiger partial charge in [0.2, 0.25) is 0 Å². The summed E-state index contributed by atoms with van der Waals surface area (Å²) in [7, 11) is 0. The first-order valence-electron chi connectivity index (χ1n) is 3.59. The molecule has 0 aliphatic heterocycles. The highest BCUT2D eigenvalue weighted by atomic mass is 16.4. The summed E-state index contributed by atoms with van der Waals surface area (Å²) in [4.78, 5) is 0. The highest BCUT2D eigenvalue weighted by Gasteiger charge is 2.51. The summed E-state index contributed by atoms with van der Waals surface area (Å²) >= 11 is 0. The first kappa shape index (κ1) is 7.03. The Morgan fingerprint density at radius 3 is 2.56 bits per heavy atom. The van der Waals surface area contributed by atoms with Crippen LogP contribution in [0.5, 0.6) is 0 Å². The number of rotatable bonds is 3. The zero-order valence-electron chi connectivity index (χ0n) is 5.80. The highest BCUT2D eigenvalue weighted by molar-refractivity contribution is 5.03. The van der Waals surface area contributed by atoms with Gasteiger partial charge in [-0.15, -0.1) is 0 Å². The molecule has 9 heavy (non-hydrogen) atoms. The minimum absolute atomic E-state index is 0.427. The fraction of sp³-hybridized carbons (Fsp3) is 1.00. The normalized spacial score (nSPS) is 41.0. The van der Waals surface area contributed by atoms with Gasteiger partial charge in [-0.05, 0) is 6.42 Å². The average molecular weight is 130 g/mol. The Morgan fingerprint density at radius 2 is 2.22 bits per heavy atom. The molecule has 2 atom stereocenters. The van der Waals surface area contributed by atoms with Crippen LogP contribution in [0.15, 0.2) is 0 Å². The summed E-state index contributed by atoms with van der Waals surface area (Å²) in [6.45, 7) is 2.08. The molecule has 1 saturated carbocycles. The first-order valence-corrected chi connectivity index (χ1v) is 3.59. The van der Waals surface area contributed by atoms with Gasteiger partial charge in [-0.25, -0.2) is 0 Å². The topological polar surface area (TPSA) is 40.5 Å². The van der Waals surface area contributed by atoms with Crippen molar-refractivity contribution in [2.75, 3.05) is 0 Å². The molecule has 1 rings (SSSR count). The molecule has 0 spiro atoms. The molecule has 0 heterocycles. The van der Waals surface area contributed by atoms with Crippen molar-refractivity contribution in [3.8, 4) is 0 Å². The lowest BCUT2D eigenvalue weighted by Crippen LogP contribution is -2.12. The van der Waals surface area contributed by atoms with E-state index in [1.165, 1.54) is 0 Å². The molecule has 0 amide bonds. The van der Waals surface area contributed by atoms with Crippen molar-refractivity contribution in [1.29, 1.82) is 0 Å². The minimum Gasteiger partial charge on any atom is -0.390 e. The molecule has 0 aromatic rings. The van der Waals surface area contributed by atoms with Gasteiger partial charge in [-0.2, -0.15) is 0 Å². The molecule has 1 fully saturated rings. The second kappa shape index (κ2) is 2.27. The summed E-state index contributed by atoms with van der Waals surface area (Å²) in [5, 5.41) is 18.1. The van der Waals surface area contributed by atoms with Crippen LogP contribution in [0.1, 0.15) is 32.6 Å². The van der Waals surface area contributed by atoms with E-state index >= 15 is 0 Å². The number of aliphatic hydroxyl groups is 2. The van der Waals surface area contributed by atoms with Crippen LogP contribution in [0.25, 0.3) is 0 Å². The first-order chi connectivity index (χ1) is 4.19. The fourth-order valence-electron chi connectivity index (χ4n) is 1.03. The van der Waals surface area contributed by atoms with Gasteiger partial charge in [-0.3, -0.25) is 0 Å². The van der Waals surface area contributed by atoms with Crippen LogP contribution < -0.4 is 0 Å².